The van der Waals surface area contributed by atoms with E-state index in [1.54, 1.807) is 35.7 Å². The average molecular weight is 412 g/mol. The van der Waals surface area contributed by atoms with Crippen molar-refractivity contribution in [3.63, 3.8) is 0 Å². The highest BCUT2D eigenvalue weighted by Crippen LogP contribution is 2.21. The third kappa shape index (κ3) is 3.97. The molecule has 0 bridgehead atoms. The number of carbonyl (C=O) groups is 1. The molecule has 2 N–H and O–H groups in total. The Bertz CT molecular complexity index is 1110. The van der Waals surface area contributed by atoms with E-state index in [1.807, 2.05) is 12.1 Å². The van der Waals surface area contributed by atoms with Crippen LogP contribution in [-0.4, -0.2) is 20.0 Å². The van der Waals surface area contributed by atoms with Crippen LogP contribution < -0.4 is 10.1 Å². The Hall–Kier alpha value is -2.97. The highest BCUT2D eigenvalue weighted by atomic mass is 32.2. The standard InChI is InChI=1S/C20H17N3O3S2/c24-20(22-21-18-12-15-4-1-2-5-16(15)13-18)14-7-9-17(10-8-14)23-28(25,26)19-6-3-11-27-19/h1-11,23H,12-13H2,(H,22,24). The molecule has 0 saturated carbocycles. The Morgan fingerprint density at radius 3 is 2.21 bits per heavy atom. The van der Waals surface area contributed by atoms with Gasteiger partial charge in [0, 0.05) is 29.8 Å². The molecule has 28 heavy (non-hydrogen) atoms. The van der Waals surface area contributed by atoms with E-state index in [0.717, 1.165) is 29.9 Å². The molecular weight excluding hydrogens is 394 g/mol. The van der Waals surface area contributed by atoms with Crippen LogP contribution in [0.5, 0.6) is 0 Å². The first-order valence-corrected chi connectivity index (χ1v) is 11.0. The molecule has 1 aliphatic carbocycles. The van der Waals surface area contributed by atoms with Gasteiger partial charge in [-0.15, -0.1) is 11.3 Å². The number of nitrogens with zero attached hydrogens (tertiary/aromatic N) is 1. The van der Waals surface area contributed by atoms with Crippen LogP contribution in [-0.2, 0) is 22.9 Å². The summed E-state index contributed by atoms with van der Waals surface area (Å²) < 4.78 is 27.2. The summed E-state index contributed by atoms with van der Waals surface area (Å²) in [4.78, 5) is 12.3. The van der Waals surface area contributed by atoms with Crippen molar-refractivity contribution >= 4 is 38.7 Å². The van der Waals surface area contributed by atoms with Crippen molar-refractivity contribution in [3.8, 4) is 0 Å². The van der Waals surface area contributed by atoms with Gasteiger partial charge in [-0.25, -0.2) is 13.8 Å². The van der Waals surface area contributed by atoms with E-state index >= 15 is 0 Å². The van der Waals surface area contributed by atoms with Gasteiger partial charge in [0.1, 0.15) is 4.21 Å². The van der Waals surface area contributed by atoms with E-state index in [9.17, 15) is 13.2 Å². The van der Waals surface area contributed by atoms with E-state index in [4.69, 9.17) is 0 Å². The third-order valence-electron chi connectivity index (χ3n) is 4.38. The zero-order chi connectivity index (χ0) is 19.6. The van der Waals surface area contributed by atoms with E-state index in [1.165, 1.54) is 17.2 Å². The summed E-state index contributed by atoms with van der Waals surface area (Å²) >= 11 is 1.14. The highest BCUT2D eigenvalue weighted by molar-refractivity contribution is 7.94. The maximum absolute atomic E-state index is 12.3. The van der Waals surface area contributed by atoms with E-state index in [2.05, 4.69) is 27.4 Å². The molecular formula is C20H17N3O3S2. The number of thiophene rings is 1. The third-order valence-corrected chi connectivity index (χ3v) is 7.16. The molecule has 0 unspecified atom stereocenters. The molecule has 4 rings (SSSR count). The highest BCUT2D eigenvalue weighted by Gasteiger charge is 2.17. The Balaban J connectivity index is 1.39. The minimum absolute atomic E-state index is 0.239. The van der Waals surface area contributed by atoms with Crippen LogP contribution in [0, 0.1) is 0 Å². The first kappa shape index (κ1) is 18.4. The molecule has 1 heterocycles. The zero-order valence-electron chi connectivity index (χ0n) is 14.8. The molecule has 1 amide bonds. The summed E-state index contributed by atoms with van der Waals surface area (Å²) in [6.45, 7) is 0. The van der Waals surface area contributed by atoms with Crippen molar-refractivity contribution in [3.05, 3.63) is 82.7 Å². The minimum atomic E-state index is -3.60. The lowest BCUT2D eigenvalue weighted by Crippen LogP contribution is -2.20. The van der Waals surface area contributed by atoms with Crippen LogP contribution in [0.3, 0.4) is 0 Å². The van der Waals surface area contributed by atoms with Gasteiger partial charge < -0.3 is 0 Å². The van der Waals surface area contributed by atoms with Gasteiger partial charge in [0.2, 0.25) is 0 Å². The Morgan fingerprint density at radius 2 is 1.61 bits per heavy atom. The quantitative estimate of drug-likeness (QED) is 0.631. The lowest BCUT2D eigenvalue weighted by Gasteiger charge is -2.07. The number of hydrazone groups is 1. The summed E-state index contributed by atoms with van der Waals surface area (Å²) in [7, 11) is -3.60. The Kier molecular flexibility index (Phi) is 4.97. The number of sulfonamides is 1. The number of hydrogen-bond donors (Lipinski definition) is 2. The second-order valence-electron chi connectivity index (χ2n) is 6.36. The normalized spacial score (nSPS) is 13.1. The SMILES string of the molecule is O=C(NN=C1Cc2ccccc2C1)c1ccc(NS(=O)(=O)c2cccs2)cc1. The fraction of sp³-hybridized carbons (Fsp3) is 0.100. The number of benzene rings is 2. The molecule has 1 aliphatic rings. The van der Waals surface area contributed by atoms with Crippen LogP contribution in [0.15, 0.2) is 75.4 Å². The molecule has 142 valence electrons. The number of nitrogens with one attached hydrogen (secondary N) is 2. The number of fused-ring (bicyclic) bond motifs is 1. The van der Waals surface area contributed by atoms with Crippen molar-refractivity contribution in [1.29, 1.82) is 0 Å². The number of carbonyl (C=O) groups excluding carboxylic acids is 1. The van der Waals surface area contributed by atoms with Crippen molar-refractivity contribution in [2.45, 2.75) is 17.1 Å². The number of amides is 1. The first-order chi connectivity index (χ1) is 13.5. The van der Waals surface area contributed by atoms with Crippen LogP contribution in [0.4, 0.5) is 5.69 Å². The van der Waals surface area contributed by atoms with Crippen LogP contribution in [0.2, 0.25) is 0 Å². The minimum Gasteiger partial charge on any atom is -0.279 e. The van der Waals surface area contributed by atoms with Crippen LogP contribution in [0.25, 0.3) is 0 Å². The van der Waals surface area contributed by atoms with Crippen molar-refractivity contribution in [2.24, 2.45) is 5.10 Å². The fourth-order valence-electron chi connectivity index (χ4n) is 2.99. The van der Waals surface area contributed by atoms with Gasteiger partial charge in [0.25, 0.3) is 15.9 Å². The van der Waals surface area contributed by atoms with Gasteiger partial charge >= 0.3 is 0 Å². The number of anilines is 1. The van der Waals surface area contributed by atoms with Crippen molar-refractivity contribution < 1.29 is 13.2 Å². The van der Waals surface area contributed by atoms with E-state index in [0.29, 0.717) is 11.3 Å². The molecule has 0 aliphatic heterocycles. The number of hydrogen-bond acceptors (Lipinski definition) is 5. The smallest absolute Gasteiger partial charge is 0.271 e. The van der Waals surface area contributed by atoms with Gasteiger partial charge in [-0.3, -0.25) is 9.52 Å². The summed E-state index contributed by atoms with van der Waals surface area (Å²) in [6.07, 6.45) is 1.47. The summed E-state index contributed by atoms with van der Waals surface area (Å²) in [5, 5.41) is 5.94. The maximum Gasteiger partial charge on any atom is 0.271 e. The molecule has 0 spiro atoms. The molecule has 0 fully saturated rings. The van der Waals surface area contributed by atoms with Crippen molar-refractivity contribution in [2.75, 3.05) is 4.72 Å². The molecule has 1 aromatic heterocycles. The Labute approximate surface area is 167 Å². The monoisotopic (exact) mass is 411 g/mol. The van der Waals surface area contributed by atoms with E-state index < -0.39 is 10.0 Å². The van der Waals surface area contributed by atoms with Gasteiger partial charge in [-0.1, -0.05) is 30.3 Å². The van der Waals surface area contributed by atoms with Gasteiger partial charge in [0.05, 0.1) is 0 Å². The Morgan fingerprint density at radius 1 is 0.929 bits per heavy atom. The molecule has 0 atom stereocenters. The molecule has 6 nitrogen and oxygen atoms in total. The topological polar surface area (TPSA) is 87.6 Å². The van der Waals surface area contributed by atoms with Crippen LogP contribution in [0.1, 0.15) is 21.5 Å². The molecule has 2 aromatic carbocycles. The van der Waals surface area contributed by atoms with Crippen LogP contribution >= 0.6 is 11.3 Å². The second kappa shape index (κ2) is 7.57. The summed E-state index contributed by atoms with van der Waals surface area (Å²) in [5.74, 6) is -0.337. The van der Waals surface area contributed by atoms with Gasteiger partial charge in [-0.2, -0.15) is 5.10 Å². The van der Waals surface area contributed by atoms with Gasteiger partial charge in [-0.05, 0) is 46.8 Å². The predicted octanol–water partition coefficient (Wildman–Crippen LogP) is 3.43. The lowest BCUT2D eigenvalue weighted by molar-refractivity contribution is 0.0954. The fourth-order valence-corrected chi connectivity index (χ4v) is 5.04. The molecule has 0 saturated heterocycles. The van der Waals surface area contributed by atoms with E-state index in [-0.39, 0.29) is 10.1 Å². The maximum atomic E-state index is 12.3. The lowest BCUT2D eigenvalue weighted by atomic mass is 10.1. The molecule has 0 radical (unpaired) electrons. The largest absolute Gasteiger partial charge is 0.279 e. The predicted molar refractivity (Wildman–Crippen MR) is 110 cm³/mol. The molecule has 3 aromatic rings. The first-order valence-electron chi connectivity index (χ1n) is 8.60. The van der Waals surface area contributed by atoms with Gasteiger partial charge in [0.15, 0.2) is 0 Å². The summed E-state index contributed by atoms with van der Waals surface area (Å²) in [5.41, 5.74) is 6.75. The average Bonchev–Trinajstić information content (AvgIpc) is 3.36. The molecule has 8 heteroatoms. The van der Waals surface area contributed by atoms with Crippen molar-refractivity contribution in [1.82, 2.24) is 5.43 Å². The number of rotatable bonds is 5. The summed E-state index contributed by atoms with van der Waals surface area (Å²) in [6, 6.07) is 17.6. The zero-order valence-corrected chi connectivity index (χ0v) is 16.4. The second-order valence-corrected chi connectivity index (χ2v) is 9.21.